The molecule has 0 aromatic heterocycles. The van der Waals surface area contributed by atoms with Crippen LogP contribution in [0.1, 0.15) is 11.1 Å². The molecule has 0 aliphatic carbocycles. The first-order chi connectivity index (χ1) is 11.1. The van der Waals surface area contributed by atoms with Gasteiger partial charge in [-0.3, -0.25) is 15.0 Å². The summed E-state index contributed by atoms with van der Waals surface area (Å²) < 4.78 is 1.04. The van der Waals surface area contributed by atoms with E-state index in [1.54, 1.807) is 36.4 Å². The molecule has 0 unspecified atom stereocenters. The molecule has 1 aliphatic heterocycles. The van der Waals surface area contributed by atoms with Crippen molar-refractivity contribution in [2.75, 3.05) is 5.01 Å². The van der Waals surface area contributed by atoms with Crippen molar-refractivity contribution >= 4 is 46.2 Å². The first-order valence-electron chi connectivity index (χ1n) is 6.71. The summed E-state index contributed by atoms with van der Waals surface area (Å²) in [6.07, 6.45) is 1.52. The van der Waals surface area contributed by atoms with Crippen molar-refractivity contribution in [2.45, 2.75) is 0 Å². The van der Waals surface area contributed by atoms with Gasteiger partial charge >= 0.3 is 0 Å². The zero-order chi connectivity index (χ0) is 16.4. The van der Waals surface area contributed by atoms with E-state index in [9.17, 15) is 9.59 Å². The summed E-state index contributed by atoms with van der Waals surface area (Å²) in [5.74, 6) is -0.849. The van der Waals surface area contributed by atoms with E-state index in [1.807, 2.05) is 18.2 Å². The van der Waals surface area contributed by atoms with Crippen molar-refractivity contribution in [3.63, 3.8) is 0 Å². The summed E-state index contributed by atoms with van der Waals surface area (Å²) in [7, 11) is 0. The lowest BCUT2D eigenvalue weighted by molar-refractivity contribution is -0.117. The second-order valence-corrected chi connectivity index (χ2v) is 6.10. The minimum Gasteiger partial charge on any atom is -0.267 e. The van der Waals surface area contributed by atoms with Gasteiger partial charge in [-0.05, 0) is 70.6 Å². The number of hydrogen-bond acceptors (Lipinski definition) is 3. The zero-order valence-electron chi connectivity index (χ0n) is 11.8. The Morgan fingerprint density at radius 2 is 1.70 bits per heavy atom. The van der Waals surface area contributed by atoms with Crippen LogP contribution in [0.4, 0.5) is 5.69 Å². The monoisotopic (exact) mass is 415 g/mol. The molecule has 1 saturated heterocycles. The van der Waals surface area contributed by atoms with Crippen LogP contribution in [0.5, 0.6) is 0 Å². The Kier molecular flexibility index (Phi) is 4.12. The number of anilines is 1. The van der Waals surface area contributed by atoms with Crippen molar-refractivity contribution < 1.29 is 9.59 Å². The lowest BCUT2D eigenvalue weighted by Crippen LogP contribution is -2.35. The van der Waals surface area contributed by atoms with Gasteiger partial charge in [0, 0.05) is 3.57 Å². The Morgan fingerprint density at radius 1 is 1.04 bits per heavy atom. The Bertz CT molecular complexity index is 849. The van der Waals surface area contributed by atoms with Gasteiger partial charge in [0.05, 0.1) is 17.3 Å². The number of amides is 2. The van der Waals surface area contributed by atoms with Crippen LogP contribution in [-0.4, -0.2) is 11.8 Å². The summed E-state index contributed by atoms with van der Waals surface area (Å²) in [4.78, 5) is 24.5. The highest BCUT2D eigenvalue weighted by atomic mass is 127. The Morgan fingerprint density at radius 3 is 2.30 bits per heavy atom. The number of carbonyl (C=O) groups is 2. The second kappa shape index (κ2) is 6.22. The van der Waals surface area contributed by atoms with E-state index in [2.05, 4.69) is 28.0 Å². The third-order valence-corrected chi connectivity index (χ3v) is 4.05. The normalized spacial score (nSPS) is 15.7. The lowest BCUT2D eigenvalue weighted by Gasteiger charge is -2.14. The van der Waals surface area contributed by atoms with Crippen LogP contribution in [0.3, 0.4) is 0 Å². The molecule has 0 bridgehead atoms. The Balaban J connectivity index is 1.90. The molecular formula is C17H10IN3O2. The van der Waals surface area contributed by atoms with Gasteiger partial charge in [-0.15, -0.1) is 0 Å². The average molecular weight is 415 g/mol. The number of benzene rings is 2. The predicted molar refractivity (Wildman–Crippen MR) is 93.9 cm³/mol. The quantitative estimate of drug-likeness (QED) is 0.466. The van der Waals surface area contributed by atoms with Crippen LogP contribution in [0, 0.1) is 14.9 Å². The van der Waals surface area contributed by atoms with Crippen molar-refractivity contribution in [2.24, 2.45) is 0 Å². The highest BCUT2D eigenvalue weighted by molar-refractivity contribution is 14.1. The maximum Gasteiger partial charge on any atom is 0.282 e. The number of hydrogen-bond donors (Lipinski definition) is 1. The molecule has 6 heteroatoms. The van der Waals surface area contributed by atoms with Crippen molar-refractivity contribution in [1.82, 2.24) is 5.43 Å². The van der Waals surface area contributed by atoms with Crippen LogP contribution >= 0.6 is 22.6 Å². The summed E-state index contributed by atoms with van der Waals surface area (Å²) in [5.41, 5.74) is 4.43. The summed E-state index contributed by atoms with van der Waals surface area (Å²) in [6, 6.07) is 15.9. The second-order valence-electron chi connectivity index (χ2n) is 4.85. The smallest absolute Gasteiger partial charge is 0.267 e. The summed E-state index contributed by atoms with van der Waals surface area (Å²) in [6.45, 7) is 0. The van der Waals surface area contributed by atoms with E-state index in [-0.39, 0.29) is 5.57 Å². The minimum atomic E-state index is -0.446. The maximum atomic E-state index is 12.4. The molecule has 2 aromatic carbocycles. The number of halogens is 1. The Hall–Kier alpha value is -2.66. The fourth-order valence-electron chi connectivity index (χ4n) is 2.15. The number of rotatable bonds is 2. The van der Waals surface area contributed by atoms with Crippen molar-refractivity contribution in [3.05, 3.63) is 68.8 Å². The van der Waals surface area contributed by atoms with Gasteiger partial charge in [-0.2, -0.15) is 5.26 Å². The molecule has 3 rings (SSSR count). The number of nitriles is 1. The lowest BCUT2D eigenvalue weighted by atomic mass is 10.1. The fraction of sp³-hybridized carbons (Fsp3) is 0. The molecule has 2 aromatic rings. The SMILES string of the molecule is N#Cc1ccc(/C=C2/C(=O)NN(c3ccc(I)cc3)C2=O)cc1. The van der Waals surface area contributed by atoms with Crippen LogP contribution in [-0.2, 0) is 9.59 Å². The fourth-order valence-corrected chi connectivity index (χ4v) is 2.51. The average Bonchev–Trinajstić information content (AvgIpc) is 2.84. The van der Waals surface area contributed by atoms with Gasteiger partial charge in [-0.25, -0.2) is 5.01 Å². The number of carbonyl (C=O) groups excluding carboxylic acids is 2. The number of nitrogens with zero attached hydrogens (tertiary/aromatic N) is 2. The van der Waals surface area contributed by atoms with Gasteiger partial charge in [0.25, 0.3) is 11.8 Å². The van der Waals surface area contributed by atoms with E-state index in [0.29, 0.717) is 16.8 Å². The van der Waals surface area contributed by atoms with E-state index in [0.717, 1.165) is 3.57 Å². The molecule has 0 spiro atoms. The van der Waals surface area contributed by atoms with Crippen LogP contribution in [0.2, 0.25) is 0 Å². The van der Waals surface area contributed by atoms with Crippen LogP contribution in [0.15, 0.2) is 54.1 Å². The summed E-state index contributed by atoms with van der Waals surface area (Å²) >= 11 is 2.17. The van der Waals surface area contributed by atoms with E-state index in [1.165, 1.54) is 11.1 Å². The van der Waals surface area contributed by atoms with Gasteiger partial charge in [0.2, 0.25) is 0 Å². The zero-order valence-corrected chi connectivity index (χ0v) is 13.9. The van der Waals surface area contributed by atoms with E-state index >= 15 is 0 Å². The molecule has 0 saturated carbocycles. The van der Waals surface area contributed by atoms with Gasteiger partial charge in [0.1, 0.15) is 5.57 Å². The highest BCUT2D eigenvalue weighted by Crippen LogP contribution is 2.22. The predicted octanol–water partition coefficient (Wildman–Crippen LogP) is 2.62. The molecule has 0 radical (unpaired) electrons. The first kappa shape index (κ1) is 15.2. The van der Waals surface area contributed by atoms with Gasteiger partial charge < -0.3 is 0 Å². The molecule has 0 atom stereocenters. The van der Waals surface area contributed by atoms with Gasteiger partial charge in [-0.1, -0.05) is 12.1 Å². The number of hydrazine groups is 1. The molecule has 23 heavy (non-hydrogen) atoms. The minimum absolute atomic E-state index is 0.0632. The highest BCUT2D eigenvalue weighted by Gasteiger charge is 2.34. The van der Waals surface area contributed by atoms with Gasteiger partial charge in [0.15, 0.2) is 0 Å². The molecule has 112 valence electrons. The molecule has 1 aliphatic rings. The standard InChI is InChI=1S/C17H10IN3O2/c18-13-5-7-14(8-6-13)21-17(23)15(16(22)20-21)9-11-1-3-12(10-19)4-2-11/h1-9H,(H,20,22)/b15-9-. The Labute approximate surface area is 146 Å². The van der Waals surface area contributed by atoms with Crippen molar-refractivity contribution in [3.8, 4) is 6.07 Å². The molecular weight excluding hydrogens is 405 g/mol. The van der Waals surface area contributed by atoms with Crippen LogP contribution < -0.4 is 10.4 Å². The summed E-state index contributed by atoms with van der Waals surface area (Å²) in [5, 5.41) is 10.0. The van der Waals surface area contributed by atoms with E-state index < -0.39 is 11.8 Å². The third kappa shape index (κ3) is 3.10. The van der Waals surface area contributed by atoms with Crippen LogP contribution in [0.25, 0.3) is 6.08 Å². The molecule has 1 N–H and O–H groups in total. The number of nitrogens with one attached hydrogen (secondary N) is 1. The maximum absolute atomic E-state index is 12.4. The molecule has 1 heterocycles. The largest absolute Gasteiger partial charge is 0.282 e. The topological polar surface area (TPSA) is 73.2 Å². The molecule has 2 amide bonds. The molecule has 1 fully saturated rings. The molecule has 5 nitrogen and oxygen atoms in total. The first-order valence-corrected chi connectivity index (χ1v) is 7.79. The third-order valence-electron chi connectivity index (χ3n) is 3.33. The van der Waals surface area contributed by atoms with Crippen molar-refractivity contribution in [1.29, 1.82) is 5.26 Å². The van der Waals surface area contributed by atoms with E-state index in [4.69, 9.17) is 5.26 Å².